The molecule has 0 unspecified atom stereocenters. The quantitative estimate of drug-likeness (QED) is 0.0642. The van der Waals surface area contributed by atoms with E-state index in [1.165, 1.54) is 48.3 Å². The third kappa shape index (κ3) is 11.8. The molecule has 8 nitrogen and oxygen atoms in total. The van der Waals surface area contributed by atoms with Crippen molar-refractivity contribution < 1.29 is 28.7 Å². The zero-order valence-corrected chi connectivity index (χ0v) is 27.0. The first kappa shape index (κ1) is 34.7. The predicted octanol–water partition coefficient (Wildman–Crippen LogP) is 6.51. The molecule has 2 rings (SSSR count). The lowest BCUT2D eigenvalue weighted by Gasteiger charge is -2.14. The summed E-state index contributed by atoms with van der Waals surface area (Å²) in [6.45, 7) is 5.27. The number of thiocarbonyl (C=S) groups is 2. The fraction of sp³-hybridized carbons (Fsp3) is 0.714. The second-order valence-electron chi connectivity index (χ2n) is 9.78. The number of thioether (sulfide) groups is 2. The third-order valence-corrected chi connectivity index (χ3v) is 9.53. The number of hydrogen-bond donors (Lipinski definition) is 0. The monoisotopic (exact) mass is 630 g/mol. The number of ether oxygens (including phenoxy) is 2. The Morgan fingerprint density at radius 3 is 1.35 bits per heavy atom. The SMILES string of the molecule is CCCCCCCCOC(=O)CCN1C(=O)C(=C2SC(=S)N(CCC(=O)OCCCCCCCC)C2=O)SC1=S. The van der Waals surface area contributed by atoms with Gasteiger partial charge < -0.3 is 9.47 Å². The summed E-state index contributed by atoms with van der Waals surface area (Å²) in [7, 11) is 0. The fourth-order valence-electron chi connectivity index (χ4n) is 4.14. The first-order chi connectivity index (χ1) is 19.3. The highest BCUT2D eigenvalue weighted by Crippen LogP contribution is 2.42. The number of carbonyl (C=O) groups is 4. The van der Waals surface area contributed by atoms with Crippen molar-refractivity contribution in [2.75, 3.05) is 26.3 Å². The lowest BCUT2D eigenvalue weighted by Crippen LogP contribution is -2.32. The molecule has 40 heavy (non-hydrogen) atoms. The van der Waals surface area contributed by atoms with Crippen LogP contribution in [0.4, 0.5) is 0 Å². The highest BCUT2D eigenvalue weighted by molar-refractivity contribution is 8.29. The van der Waals surface area contributed by atoms with Gasteiger partial charge in [0.1, 0.15) is 8.64 Å². The van der Waals surface area contributed by atoms with Crippen LogP contribution in [0.1, 0.15) is 104 Å². The van der Waals surface area contributed by atoms with Crippen LogP contribution in [0.15, 0.2) is 9.81 Å². The Morgan fingerprint density at radius 1 is 0.625 bits per heavy atom. The molecule has 2 aliphatic heterocycles. The van der Waals surface area contributed by atoms with Gasteiger partial charge >= 0.3 is 11.9 Å². The average molecular weight is 631 g/mol. The molecule has 0 aliphatic carbocycles. The van der Waals surface area contributed by atoms with Crippen molar-refractivity contribution in [1.82, 2.24) is 9.80 Å². The third-order valence-electron chi connectivity index (χ3n) is 6.51. The summed E-state index contributed by atoms with van der Waals surface area (Å²) in [6.07, 6.45) is 13.3. The lowest BCUT2D eigenvalue weighted by atomic mass is 10.1. The van der Waals surface area contributed by atoms with Crippen LogP contribution in [-0.4, -0.2) is 68.5 Å². The second kappa shape index (κ2) is 19.6. The van der Waals surface area contributed by atoms with Gasteiger partial charge in [0.15, 0.2) is 0 Å². The maximum atomic E-state index is 13.1. The molecular formula is C28H42N2O6S4. The summed E-state index contributed by atoms with van der Waals surface area (Å²) in [5, 5.41) is 0. The molecule has 0 radical (unpaired) electrons. The van der Waals surface area contributed by atoms with Gasteiger partial charge in [-0.05, 0) is 12.8 Å². The van der Waals surface area contributed by atoms with E-state index >= 15 is 0 Å². The van der Waals surface area contributed by atoms with Crippen LogP contribution < -0.4 is 0 Å². The van der Waals surface area contributed by atoms with E-state index in [0.29, 0.717) is 13.2 Å². The van der Waals surface area contributed by atoms with Gasteiger partial charge in [-0.2, -0.15) is 0 Å². The molecule has 0 atom stereocenters. The van der Waals surface area contributed by atoms with Crippen LogP contribution in [0.3, 0.4) is 0 Å². The van der Waals surface area contributed by atoms with Crippen molar-refractivity contribution in [2.45, 2.75) is 104 Å². The van der Waals surface area contributed by atoms with Gasteiger partial charge in [0, 0.05) is 13.1 Å². The molecule has 0 bridgehead atoms. The van der Waals surface area contributed by atoms with Crippen LogP contribution in [0.25, 0.3) is 0 Å². The molecule has 0 saturated carbocycles. The van der Waals surface area contributed by atoms with Gasteiger partial charge in [0.25, 0.3) is 11.8 Å². The van der Waals surface area contributed by atoms with Crippen molar-refractivity contribution in [3.05, 3.63) is 9.81 Å². The molecule has 0 N–H and O–H groups in total. The molecule has 2 amide bonds. The zero-order chi connectivity index (χ0) is 29.3. The highest BCUT2D eigenvalue weighted by atomic mass is 32.2. The molecule has 0 aromatic carbocycles. The van der Waals surface area contributed by atoms with Crippen LogP contribution in [0.2, 0.25) is 0 Å². The van der Waals surface area contributed by atoms with Crippen LogP contribution >= 0.6 is 48.0 Å². The maximum absolute atomic E-state index is 13.1. The van der Waals surface area contributed by atoms with Gasteiger partial charge in [-0.1, -0.05) is 126 Å². The second-order valence-corrected chi connectivity index (χ2v) is 13.1. The fourth-order valence-corrected chi connectivity index (χ4v) is 6.91. The minimum absolute atomic E-state index is 0.0252. The van der Waals surface area contributed by atoms with Gasteiger partial charge in [-0.15, -0.1) is 0 Å². The van der Waals surface area contributed by atoms with E-state index in [4.69, 9.17) is 33.9 Å². The Balaban J connectivity index is 1.76. The molecular weight excluding hydrogens is 589 g/mol. The molecule has 2 fully saturated rings. The van der Waals surface area contributed by atoms with E-state index in [1.54, 1.807) is 0 Å². The van der Waals surface area contributed by atoms with E-state index in [2.05, 4.69) is 13.8 Å². The van der Waals surface area contributed by atoms with E-state index in [1.807, 2.05) is 0 Å². The molecule has 0 spiro atoms. The van der Waals surface area contributed by atoms with Crippen LogP contribution in [0.5, 0.6) is 0 Å². The van der Waals surface area contributed by atoms with Crippen LogP contribution in [0, 0.1) is 0 Å². The van der Waals surface area contributed by atoms with Crippen molar-refractivity contribution in [2.24, 2.45) is 0 Å². The largest absolute Gasteiger partial charge is 0.466 e. The Bertz CT molecular complexity index is 881. The first-order valence-corrected chi connectivity index (χ1v) is 16.9. The van der Waals surface area contributed by atoms with Crippen molar-refractivity contribution in [1.29, 1.82) is 0 Å². The summed E-state index contributed by atoms with van der Waals surface area (Å²) in [4.78, 5) is 53.5. The smallest absolute Gasteiger partial charge is 0.307 e. The van der Waals surface area contributed by atoms with Gasteiger partial charge in [-0.25, -0.2) is 0 Å². The molecule has 2 heterocycles. The summed E-state index contributed by atoms with van der Waals surface area (Å²) in [5.74, 6) is -1.59. The number of rotatable bonds is 20. The molecule has 224 valence electrons. The van der Waals surface area contributed by atoms with E-state index in [9.17, 15) is 19.2 Å². The van der Waals surface area contributed by atoms with Gasteiger partial charge in [-0.3, -0.25) is 29.0 Å². The minimum atomic E-state index is -0.419. The normalized spacial score (nSPS) is 17.4. The number of hydrogen-bond acceptors (Lipinski definition) is 10. The average Bonchev–Trinajstić information content (AvgIpc) is 3.37. The van der Waals surface area contributed by atoms with Gasteiger partial charge in [0.05, 0.1) is 35.9 Å². The van der Waals surface area contributed by atoms with Crippen LogP contribution in [-0.2, 0) is 28.7 Å². The number of unbranched alkanes of at least 4 members (excludes halogenated alkanes) is 10. The summed E-state index contributed by atoms with van der Waals surface area (Å²) in [5.41, 5.74) is 0. The van der Waals surface area contributed by atoms with E-state index in [-0.39, 0.29) is 56.3 Å². The molecule has 2 aliphatic rings. The molecule has 0 aromatic heterocycles. The number of amides is 2. The molecule has 0 aromatic rings. The number of esters is 2. The van der Waals surface area contributed by atoms with Gasteiger partial charge in [0.2, 0.25) is 0 Å². The maximum Gasteiger partial charge on any atom is 0.307 e. The summed E-state index contributed by atoms with van der Waals surface area (Å²) in [6, 6.07) is 0. The van der Waals surface area contributed by atoms with E-state index < -0.39 is 11.8 Å². The summed E-state index contributed by atoms with van der Waals surface area (Å²) < 4.78 is 11.1. The Morgan fingerprint density at radius 2 is 0.975 bits per heavy atom. The minimum Gasteiger partial charge on any atom is -0.466 e. The lowest BCUT2D eigenvalue weighted by molar-refractivity contribution is -0.145. The highest BCUT2D eigenvalue weighted by Gasteiger charge is 2.42. The first-order valence-electron chi connectivity index (χ1n) is 14.4. The molecule has 2 saturated heterocycles. The molecule has 12 heteroatoms. The topological polar surface area (TPSA) is 93.2 Å². The Kier molecular flexibility index (Phi) is 17.0. The zero-order valence-electron chi connectivity index (χ0n) is 23.7. The van der Waals surface area contributed by atoms with Crippen molar-refractivity contribution in [3.8, 4) is 0 Å². The summed E-state index contributed by atoms with van der Waals surface area (Å²) >= 11 is 12.8. The standard InChI is InChI=1S/C28H42N2O6S4/c1-3-5-7-9-11-13-19-35-21(31)15-17-29-25(33)23(39-27(29)37)24-26(34)30(28(38)40-24)18-16-22(32)36-20-14-12-10-8-6-4-2/h3-20H2,1-2H3. The Labute approximate surface area is 257 Å². The predicted molar refractivity (Wildman–Crippen MR) is 169 cm³/mol. The van der Waals surface area contributed by atoms with Crippen molar-refractivity contribution in [3.63, 3.8) is 0 Å². The number of nitrogens with zero attached hydrogens (tertiary/aromatic N) is 2. The van der Waals surface area contributed by atoms with E-state index in [0.717, 1.165) is 62.0 Å². The number of carbonyl (C=O) groups excluding carboxylic acids is 4. The Hall–Kier alpha value is -1.50. The van der Waals surface area contributed by atoms with Crippen molar-refractivity contribution >= 4 is 80.4 Å².